The first-order chi connectivity index (χ1) is 10.7. The summed E-state index contributed by atoms with van der Waals surface area (Å²) in [6.45, 7) is 2.58. The van der Waals surface area contributed by atoms with E-state index in [0.29, 0.717) is 12.8 Å². The summed E-state index contributed by atoms with van der Waals surface area (Å²) in [6.07, 6.45) is 6.21. The van der Waals surface area contributed by atoms with Crippen LogP contribution in [0.3, 0.4) is 0 Å². The van der Waals surface area contributed by atoms with Gasteiger partial charge in [-0.1, -0.05) is 37.3 Å². The third-order valence-corrected chi connectivity index (χ3v) is 3.64. The van der Waals surface area contributed by atoms with Gasteiger partial charge >= 0.3 is 0 Å². The number of hydrogen-bond donors (Lipinski definition) is 0. The van der Waals surface area contributed by atoms with Gasteiger partial charge in [0.2, 0.25) is 0 Å². The molecule has 0 bridgehead atoms. The van der Waals surface area contributed by atoms with Crippen LogP contribution in [-0.2, 0) is 22.6 Å². The molecule has 4 heteroatoms. The highest BCUT2D eigenvalue weighted by Gasteiger charge is 2.09. The van der Waals surface area contributed by atoms with Crippen molar-refractivity contribution in [2.75, 3.05) is 0 Å². The van der Waals surface area contributed by atoms with E-state index in [1.54, 1.807) is 13.1 Å². The van der Waals surface area contributed by atoms with Crippen molar-refractivity contribution in [3.63, 3.8) is 0 Å². The summed E-state index contributed by atoms with van der Waals surface area (Å²) in [4.78, 5) is 27.3. The Kier molecular flexibility index (Phi) is 6.07. The Morgan fingerprint density at radius 2 is 1.91 bits per heavy atom. The second-order valence-corrected chi connectivity index (χ2v) is 5.42. The number of carbonyl (C=O) groups is 2. The molecule has 0 aliphatic carbocycles. The summed E-state index contributed by atoms with van der Waals surface area (Å²) >= 11 is 0. The van der Waals surface area contributed by atoms with Crippen LogP contribution >= 0.6 is 0 Å². The summed E-state index contributed by atoms with van der Waals surface area (Å²) in [7, 11) is 0. The Morgan fingerprint density at radius 3 is 2.64 bits per heavy atom. The highest BCUT2D eigenvalue weighted by Crippen LogP contribution is 2.09. The van der Waals surface area contributed by atoms with Crippen LogP contribution in [0.25, 0.3) is 0 Å². The highest BCUT2D eigenvalue weighted by molar-refractivity contribution is 5.98. The molecule has 0 saturated heterocycles. The van der Waals surface area contributed by atoms with E-state index in [1.807, 2.05) is 24.4 Å². The second-order valence-electron chi connectivity index (χ2n) is 5.42. The summed E-state index contributed by atoms with van der Waals surface area (Å²) < 4.78 is 2.11. The largest absolute Gasteiger partial charge is 0.331 e. The summed E-state index contributed by atoms with van der Waals surface area (Å²) in [6, 6.07) is 10.2. The van der Waals surface area contributed by atoms with E-state index < -0.39 is 0 Å². The lowest BCUT2D eigenvalue weighted by Gasteiger charge is -2.08. The molecule has 1 aromatic carbocycles. The Morgan fingerprint density at radius 1 is 1.14 bits per heavy atom. The molecule has 0 spiro atoms. The normalized spacial score (nSPS) is 10.6. The molecule has 2 aromatic rings. The van der Waals surface area contributed by atoms with Gasteiger partial charge in [0, 0.05) is 38.2 Å². The molecular weight excluding hydrogens is 276 g/mol. The molecule has 1 aromatic heterocycles. The average molecular weight is 298 g/mol. The molecule has 0 aliphatic rings. The van der Waals surface area contributed by atoms with Crippen LogP contribution in [-0.4, -0.2) is 21.1 Å². The van der Waals surface area contributed by atoms with Crippen LogP contribution in [0.1, 0.15) is 44.0 Å². The zero-order valence-electron chi connectivity index (χ0n) is 13.0. The van der Waals surface area contributed by atoms with E-state index in [9.17, 15) is 9.59 Å². The van der Waals surface area contributed by atoms with Crippen molar-refractivity contribution >= 4 is 11.6 Å². The average Bonchev–Trinajstić information content (AvgIpc) is 2.95. The summed E-state index contributed by atoms with van der Waals surface area (Å²) in [5.41, 5.74) is 1.23. The lowest BCUT2D eigenvalue weighted by Crippen LogP contribution is -2.08. The van der Waals surface area contributed by atoms with Crippen molar-refractivity contribution in [2.45, 2.75) is 45.6 Å². The maximum Gasteiger partial charge on any atom is 0.140 e. The van der Waals surface area contributed by atoms with Gasteiger partial charge in [0.25, 0.3) is 0 Å². The molecule has 0 radical (unpaired) electrons. The number of rotatable bonds is 9. The van der Waals surface area contributed by atoms with Gasteiger partial charge in [-0.3, -0.25) is 9.59 Å². The summed E-state index contributed by atoms with van der Waals surface area (Å²) in [5, 5.41) is 0. The van der Waals surface area contributed by atoms with Crippen LogP contribution in [0, 0.1) is 0 Å². The predicted octanol–water partition coefficient (Wildman–Crippen LogP) is 3.19. The Hall–Kier alpha value is -2.23. The molecule has 0 aliphatic heterocycles. The van der Waals surface area contributed by atoms with Crippen LogP contribution < -0.4 is 0 Å². The second kappa shape index (κ2) is 8.27. The zero-order chi connectivity index (χ0) is 15.8. The number of aromatic nitrogens is 2. The van der Waals surface area contributed by atoms with E-state index in [2.05, 4.69) is 21.7 Å². The SMILES string of the molecule is CCC(=O)CC(=O)CCCc1nccn1Cc1ccccc1. The van der Waals surface area contributed by atoms with Crippen molar-refractivity contribution in [1.82, 2.24) is 9.55 Å². The Bertz CT molecular complexity index is 617. The first kappa shape index (κ1) is 16.1. The number of nitrogens with zero attached hydrogens (tertiary/aromatic N) is 2. The third-order valence-electron chi connectivity index (χ3n) is 3.64. The topological polar surface area (TPSA) is 52.0 Å². The zero-order valence-corrected chi connectivity index (χ0v) is 13.0. The van der Waals surface area contributed by atoms with E-state index in [0.717, 1.165) is 25.2 Å². The fourth-order valence-electron chi connectivity index (χ4n) is 2.37. The molecule has 4 nitrogen and oxygen atoms in total. The lowest BCUT2D eigenvalue weighted by atomic mass is 10.1. The third kappa shape index (κ3) is 4.95. The molecule has 0 saturated carbocycles. The molecule has 0 N–H and O–H groups in total. The van der Waals surface area contributed by atoms with Crippen molar-refractivity contribution in [3.8, 4) is 0 Å². The molecule has 22 heavy (non-hydrogen) atoms. The molecule has 2 rings (SSSR count). The van der Waals surface area contributed by atoms with E-state index in [1.165, 1.54) is 5.56 Å². The first-order valence-electron chi connectivity index (χ1n) is 7.76. The molecule has 0 amide bonds. The minimum atomic E-state index is 0.0237. The quantitative estimate of drug-likeness (QED) is 0.668. The number of hydrogen-bond acceptors (Lipinski definition) is 3. The van der Waals surface area contributed by atoms with Crippen molar-refractivity contribution in [2.24, 2.45) is 0 Å². The fraction of sp³-hybridized carbons (Fsp3) is 0.389. The standard InChI is InChI=1S/C18H22N2O2/c1-2-16(21)13-17(22)9-6-10-18-19-11-12-20(18)14-15-7-4-3-5-8-15/h3-5,7-8,11-12H,2,6,9-10,13-14H2,1H3. The highest BCUT2D eigenvalue weighted by atomic mass is 16.1. The van der Waals surface area contributed by atoms with Gasteiger partial charge in [-0.05, 0) is 12.0 Å². The smallest absolute Gasteiger partial charge is 0.140 e. The number of ketones is 2. The van der Waals surface area contributed by atoms with Crippen molar-refractivity contribution < 1.29 is 9.59 Å². The molecule has 0 atom stereocenters. The number of carbonyl (C=O) groups excluding carboxylic acids is 2. The van der Waals surface area contributed by atoms with Crippen molar-refractivity contribution in [3.05, 3.63) is 54.1 Å². The van der Waals surface area contributed by atoms with E-state index in [-0.39, 0.29) is 18.0 Å². The summed E-state index contributed by atoms with van der Waals surface area (Å²) in [5.74, 6) is 1.04. The lowest BCUT2D eigenvalue weighted by molar-refractivity contribution is -0.126. The number of aryl methyl sites for hydroxylation is 1. The Balaban J connectivity index is 1.83. The van der Waals surface area contributed by atoms with Gasteiger partial charge in [0.15, 0.2) is 0 Å². The molecule has 1 heterocycles. The van der Waals surface area contributed by atoms with Gasteiger partial charge in [-0.2, -0.15) is 0 Å². The molecule has 0 unspecified atom stereocenters. The predicted molar refractivity (Wildman–Crippen MR) is 85.6 cm³/mol. The maximum absolute atomic E-state index is 11.7. The van der Waals surface area contributed by atoms with Gasteiger partial charge in [-0.15, -0.1) is 0 Å². The maximum atomic E-state index is 11.7. The van der Waals surface area contributed by atoms with Crippen LogP contribution in [0.2, 0.25) is 0 Å². The van der Waals surface area contributed by atoms with E-state index >= 15 is 0 Å². The van der Waals surface area contributed by atoms with Crippen LogP contribution in [0.15, 0.2) is 42.7 Å². The molecule has 0 fully saturated rings. The number of benzene rings is 1. The number of imidazole rings is 1. The minimum absolute atomic E-state index is 0.0237. The fourth-order valence-corrected chi connectivity index (χ4v) is 2.37. The van der Waals surface area contributed by atoms with Gasteiger partial charge in [0.05, 0.1) is 6.42 Å². The van der Waals surface area contributed by atoms with Crippen LogP contribution in [0.5, 0.6) is 0 Å². The first-order valence-corrected chi connectivity index (χ1v) is 7.76. The molecule has 116 valence electrons. The van der Waals surface area contributed by atoms with Gasteiger partial charge in [-0.25, -0.2) is 4.98 Å². The van der Waals surface area contributed by atoms with E-state index in [4.69, 9.17) is 0 Å². The van der Waals surface area contributed by atoms with Gasteiger partial charge < -0.3 is 4.57 Å². The minimum Gasteiger partial charge on any atom is -0.331 e. The number of Topliss-reactive ketones (excluding diaryl/α,β-unsaturated/α-hetero) is 2. The van der Waals surface area contributed by atoms with Crippen molar-refractivity contribution in [1.29, 1.82) is 0 Å². The Labute approximate surface area is 131 Å². The van der Waals surface area contributed by atoms with Gasteiger partial charge in [0.1, 0.15) is 17.4 Å². The molecular formula is C18H22N2O2. The monoisotopic (exact) mass is 298 g/mol. The van der Waals surface area contributed by atoms with Crippen LogP contribution in [0.4, 0.5) is 0 Å².